The third kappa shape index (κ3) is 8.03. The third-order valence-electron chi connectivity index (χ3n) is 6.95. The van der Waals surface area contributed by atoms with E-state index in [2.05, 4.69) is 41.1 Å². The molecule has 3 rings (SSSR count). The van der Waals surface area contributed by atoms with Crippen molar-refractivity contribution in [2.75, 3.05) is 24.5 Å². The number of carbonyl (C=O) groups excluding carboxylic acids is 1. The van der Waals surface area contributed by atoms with Crippen LogP contribution in [0.4, 0.5) is 17.1 Å². The minimum absolute atomic E-state index is 0.0424. The Morgan fingerprint density at radius 2 is 1.36 bits per heavy atom. The summed E-state index contributed by atoms with van der Waals surface area (Å²) in [6.45, 7) is 8.84. The van der Waals surface area contributed by atoms with Crippen molar-refractivity contribution in [2.45, 2.75) is 59.3 Å². The number of azo groups is 1. The van der Waals surface area contributed by atoms with Crippen molar-refractivity contribution in [3.8, 4) is 18.2 Å². The molecule has 0 spiro atoms. The van der Waals surface area contributed by atoms with Crippen molar-refractivity contribution < 1.29 is 4.79 Å². The van der Waals surface area contributed by atoms with Crippen LogP contribution in [0.15, 0.2) is 87.3 Å². The molecule has 8 nitrogen and oxygen atoms in total. The molecule has 0 saturated heterocycles. The fourth-order valence-corrected chi connectivity index (χ4v) is 4.55. The summed E-state index contributed by atoms with van der Waals surface area (Å²) < 4.78 is 0. The average molecular weight is 560 g/mol. The molecule has 2 aromatic carbocycles. The van der Waals surface area contributed by atoms with Gasteiger partial charge in [-0.1, -0.05) is 58.2 Å². The molecular formula is C34H37N7O. The summed E-state index contributed by atoms with van der Waals surface area (Å²) in [5, 5.41) is 37.4. The number of unbranched alkanes of at least 4 members (excludes halogenated alkanes) is 3. The Morgan fingerprint density at radius 3 is 1.86 bits per heavy atom. The summed E-state index contributed by atoms with van der Waals surface area (Å²) in [5.74, 6) is -0.385. The lowest BCUT2D eigenvalue weighted by molar-refractivity contribution is -0.124. The molecule has 0 aliphatic carbocycles. The molecule has 2 aromatic rings. The van der Waals surface area contributed by atoms with E-state index in [1.807, 2.05) is 61.5 Å². The van der Waals surface area contributed by atoms with Crippen molar-refractivity contribution >= 4 is 29.0 Å². The largest absolute Gasteiger partial charge is 0.372 e. The quantitative estimate of drug-likeness (QED) is 0.170. The molecule has 42 heavy (non-hydrogen) atoms. The van der Waals surface area contributed by atoms with Crippen molar-refractivity contribution in [1.29, 1.82) is 15.8 Å². The first-order valence-corrected chi connectivity index (χ1v) is 14.6. The Kier molecular flexibility index (Phi) is 12.2. The molecule has 8 heteroatoms. The van der Waals surface area contributed by atoms with E-state index >= 15 is 0 Å². The van der Waals surface area contributed by atoms with Crippen molar-refractivity contribution in [3.05, 3.63) is 82.6 Å². The number of amides is 1. The SMILES string of the molecule is CCCCN1C(=O)C(/C=C/c2ccc(N=Nc3ccc(N(CCCC)CCCC)cc3)cc2)=C(C#N)C1=C(C#N)C#N. The fourth-order valence-electron chi connectivity index (χ4n) is 4.55. The van der Waals surface area contributed by atoms with Crippen LogP contribution in [0.1, 0.15) is 64.9 Å². The molecule has 0 radical (unpaired) electrons. The van der Waals surface area contributed by atoms with Gasteiger partial charge in [0.25, 0.3) is 5.91 Å². The summed E-state index contributed by atoms with van der Waals surface area (Å²) >= 11 is 0. The predicted molar refractivity (Wildman–Crippen MR) is 166 cm³/mol. The van der Waals surface area contributed by atoms with Crippen LogP contribution in [-0.4, -0.2) is 30.4 Å². The van der Waals surface area contributed by atoms with Gasteiger partial charge in [-0.25, -0.2) is 0 Å². The Labute approximate surface area is 249 Å². The minimum atomic E-state index is -0.385. The molecule has 1 heterocycles. The number of hydrogen-bond donors (Lipinski definition) is 0. The van der Waals surface area contributed by atoms with Gasteiger partial charge in [-0.05, 0) is 67.3 Å². The molecule has 1 amide bonds. The van der Waals surface area contributed by atoms with Gasteiger partial charge in [-0.2, -0.15) is 26.0 Å². The third-order valence-corrected chi connectivity index (χ3v) is 6.95. The van der Waals surface area contributed by atoms with E-state index in [0.29, 0.717) is 18.7 Å². The van der Waals surface area contributed by atoms with Crippen molar-refractivity contribution in [2.24, 2.45) is 10.2 Å². The zero-order valence-corrected chi connectivity index (χ0v) is 24.7. The number of carbonyl (C=O) groups is 1. The van der Waals surface area contributed by atoms with Gasteiger partial charge < -0.3 is 9.80 Å². The monoisotopic (exact) mass is 559 g/mol. The highest BCUT2D eigenvalue weighted by Crippen LogP contribution is 2.33. The van der Waals surface area contributed by atoms with E-state index in [1.54, 1.807) is 12.2 Å². The second-order valence-corrected chi connectivity index (χ2v) is 9.99. The van der Waals surface area contributed by atoms with E-state index in [1.165, 1.54) is 36.3 Å². The highest BCUT2D eigenvalue weighted by atomic mass is 16.2. The van der Waals surface area contributed by atoms with Crippen LogP contribution >= 0.6 is 0 Å². The molecule has 0 fully saturated rings. The molecule has 214 valence electrons. The number of hydrogen-bond acceptors (Lipinski definition) is 7. The number of rotatable bonds is 14. The van der Waals surface area contributed by atoms with E-state index in [9.17, 15) is 20.6 Å². The average Bonchev–Trinajstić information content (AvgIpc) is 3.29. The second kappa shape index (κ2) is 16.3. The summed E-state index contributed by atoms with van der Waals surface area (Å²) in [7, 11) is 0. The number of nitriles is 3. The molecule has 0 saturated carbocycles. The Hall–Kier alpha value is -5.00. The van der Waals surface area contributed by atoms with E-state index in [0.717, 1.165) is 30.8 Å². The molecule has 0 atom stereocenters. The number of nitrogens with zero attached hydrogens (tertiary/aromatic N) is 7. The lowest BCUT2D eigenvalue weighted by atomic mass is 10.1. The maximum atomic E-state index is 13.2. The van der Waals surface area contributed by atoms with Crippen LogP contribution in [0.25, 0.3) is 6.08 Å². The number of anilines is 1. The van der Waals surface area contributed by atoms with Crippen LogP contribution in [0.2, 0.25) is 0 Å². The molecule has 0 N–H and O–H groups in total. The lowest BCUT2D eigenvalue weighted by Gasteiger charge is -2.24. The molecular weight excluding hydrogens is 522 g/mol. The molecule has 1 aliphatic rings. The zero-order chi connectivity index (χ0) is 30.3. The van der Waals surface area contributed by atoms with Gasteiger partial charge in [-0.15, -0.1) is 0 Å². The van der Waals surface area contributed by atoms with Gasteiger partial charge >= 0.3 is 0 Å². The summed E-state index contributed by atoms with van der Waals surface area (Å²) in [6.07, 6.45) is 9.48. The minimum Gasteiger partial charge on any atom is -0.372 e. The van der Waals surface area contributed by atoms with E-state index < -0.39 is 0 Å². The van der Waals surface area contributed by atoms with Crippen molar-refractivity contribution in [3.63, 3.8) is 0 Å². The van der Waals surface area contributed by atoms with Gasteiger partial charge in [0.05, 0.1) is 28.2 Å². The van der Waals surface area contributed by atoms with Crippen molar-refractivity contribution in [1.82, 2.24) is 4.90 Å². The van der Waals surface area contributed by atoms with Gasteiger partial charge in [-0.3, -0.25) is 4.79 Å². The Bertz CT molecular complexity index is 1450. The Morgan fingerprint density at radius 1 is 0.810 bits per heavy atom. The fraction of sp³-hybridized carbons (Fsp3) is 0.353. The van der Waals surface area contributed by atoms with Gasteiger partial charge in [0.15, 0.2) is 5.57 Å². The predicted octanol–water partition coefficient (Wildman–Crippen LogP) is 8.29. The Balaban J connectivity index is 1.75. The van der Waals surface area contributed by atoms with Crippen LogP contribution in [0.3, 0.4) is 0 Å². The molecule has 1 aliphatic heterocycles. The highest BCUT2D eigenvalue weighted by Gasteiger charge is 2.36. The first kappa shape index (κ1) is 31.5. The normalized spacial score (nSPS) is 13.1. The van der Waals surface area contributed by atoms with Crippen LogP contribution in [0.5, 0.6) is 0 Å². The maximum Gasteiger partial charge on any atom is 0.259 e. The number of benzene rings is 2. The summed E-state index contributed by atoms with van der Waals surface area (Å²) in [5.41, 5.74) is 3.52. The molecule has 0 bridgehead atoms. The van der Waals surface area contributed by atoms with Gasteiger partial charge in [0.1, 0.15) is 18.2 Å². The van der Waals surface area contributed by atoms with E-state index in [-0.39, 0.29) is 28.3 Å². The zero-order valence-electron chi connectivity index (χ0n) is 24.7. The highest BCUT2D eigenvalue weighted by molar-refractivity contribution is 6.05. The van der Waals surface area contributed by atoms with Gasteiger partial charge in [0, 0.05) is 25.3 Å². The topological polar surface area (TPSA) is 120 Å². The second-order valence-electron chi connectivity index (χ2n) is 9.99. The van der Waals surface area contributed by atoms with Gasteiger partial charge in [0.2, 0.25) is 0 Å². The molecule has 0 aromatic heterocycles. The standard InChI is InChI=1S/C34H37N7O/c1-4-7-20-40(21-8-5-2)30-17-15-29(16-18-30)39-38-28-13-10-26(11-14-28)12-19-31-32(25-37)33(27(23-35)24-36)41(34(31)42)22-9-6-3/h10-19H,4-9,20-22H2,1-3H3/b19-12+,39-38?. The molecule has 0 unspecified atom stereocenters. The van der Waals surface area contributed by atoms with E-state index in [4.69, 9.17) is 0 Å². The first-order chi connectivity index (χ1) is 20.5. The first-order valence-electron chi connectivity index (χ1n) is 14.6. The summed E-state index contributed by atoms with van der Waals surface area (Å²) in [4.78, 5) is 17.0. The lowest BCUT2D eigenvalue weighted by Crippen LogP contribution is -2.27. The van der Waals surface area contributed by atoms with Crippen LogP contribution in [0, 0.1) is 34.0 Å². The number of allylic oxidation sites excluding steroid dienone is 2. The maximum absolute atomic E-state index is 13.2. The smallest absolute Gasteiger partial charge is 0.259 e. The van der Waals surface area contributed by atoms with Crippen LogP contribution < -0.4 is 4.90 Å². The summed E-state index contributed by atoms with van der Waals surface area (Å²) in [6, 6.07) is 21.2. The van der Waals surface area contributed by atoms with Crippen LogP contribution in [-0.2, 0) is 4.79 Å².